The summed E-state index contributed by atoms with van der Waals surface area (Å²) in [6.07, 6.45) is -4.50. The van der Waals surface area contributed by atoms with E-state index in [0.717, 1.165) is 11.6 Å². The van der Waals surface area contributed by atoms with Crippen molar-refractivity contribution in [1.82, 2.24) is 5.32 Å². The molecular weight excluding hydrogens is 497 g/mol. The first-order chi connectivity index (χ1) is 18.2. The van der Waals surface area contributed by atoms with Gasteiger partial charge in [-0.3, -0.25) is 4.79 Å². The van der Waals surface area contributed by atoms with Crippen LogP contribution < -0.4 is 10.1 Å². The minimum absolute atomic E-state index is 0.0317. The van der Waals surface area contributed by atoms with Gasteiger partial charge in [0.1, 0.15) is 11.9 Å². The van der Waals surface area contributed by atoms with Crippen LogP contribution >= 0.6 is 0 Å². The number of carbonyl (C=O) groups is 1. The lowest BCUT2D eigenvalue weighted by Crippen LogP contribution is -2.52. The first-order valence-corrected chi connectivity index (χ1v) is 12.3. The number of hydrogen-bond acceptors (Lipinski definition) is 5. The molecule has 9 heteroatoms. The molecule has 0 aliphatic carbocycles. The second-order valence-electron chi connectivity index (χ2n) is 9.05. The van der Waals surface area contributed by atoms with Crippen LogP contribution in [0.15, 0.2) is 83.9 Å². The number of rotatable bonds is 10. The molecule has 0 unspecified atom stereocenters. The summed E-state index contributed by atoms with van der Waals surface area (Å²) in [6.45, 7) is 1.84. The number of halogens is 3. The molecule has 0 saturated heterocycles. The van der Waals surface area contributed by atoms with Crippen LogP contribution in [0.1, 0.15) is 35.6 Å². The summed E-state index contributed by atoms with van der Waals surface area (Å²) in [4.78, 5) is 18.4. The van der Waals surface area contributed by atoms with Crippen LogP contribution in [0.5, 0.6) is 5.75 Å². The van der Waals surface area contributed by atoms with E-state index >= 15 is 0 Å². The lowest BCUT2D eigenvalue weighted by Gasteiger charge is -2.28. The molecule has 1 aliphatic heterocycles. The molecule has 3 aromatic rings. The highest BCUT2D eigenvalue weighted by Gasteiger charge is 2.50. The van der Waals surface area contributed by atoms with E-state index < -0.39 is 29.3 Å². The van der Waals surface area contributed by atoms with Crippen LogP contribution in [0.25, 0.3) is 0 Å². The molecule has 38 heavy (non-hydrogen) atoms. The van der Waals surface area contributed by atoms with Crippen LogP contribution in [0.3, 0.4) is 0 Å². The minimum Gasteiger partial charge on any atom is -0.494 e. The standard InChI is InChI=1S/C29H29F3N2O4/c1-20-28(18-21-8-3-2-4-9-21,27(36)33-19-23-10-5-6-11-25(23)29(30,31)32)34-26(38-20)22-12-14-24(15-13-22)37-17-7-16-35/h2-6,8-15,20,35H,7,16-19H2,1H3,(H,33,36)/t20-,28-/m1/s1. The third-order valence-electron chi connectivity index (χ3n) is 6.41. The van der Waals surface area contributed by atoms with Gasteiger partial charge in [0.2, 0.25) is 5.90 Å². The Kier molecular flexibility index (Phi) is 8.36. The molecule has 200 valence electrons. The summed E-state index contributed by atoms with van der Waals surface area (Å²) in [6, 6.07) is 21.5. The Balaban J connectivity index is 1.61. The van der Waals surface area contributed by atoms with E-state index in [9.17, 15) is 18.0 Å². The summed E-state index contributed by atoms with van der Waals surface area (Å²) < 4.78 is 52.1. The predicted octanol–water partition coefficient (Wildman–Crippen LogP) is 4.93. The molecule has 0 radical (unpaired) electrons. The fraction of sp³-hybridized carbons (Fsp3) is 0.310. The van der Waals surface area contributed by atoms with Crippen molar-refractivity contribution in [3.05, 3.63) is 101 Å². The molecule has 0 bridgehead atoms. The molecule has 2 atom stereocenters. The lowest BCUT2D eigenvalue weighted by molar-refractivity contribution is -0.138. The quantitative estimate of drug-likeness (QED) is 0.367. The zero-order valence-corrected chi connectivity index (χ0v) is 20.9. The van der Waals surface area contributed by atoms with E-state index in [-0.39, 0.29) is 31.0 Å². The van der Waals surface area contributed by atoms with E-state index in [4.69, 9.17) is 19.6 Å². The fourth-order valence-electron chi connectivity index (χ4n) is 4.33. The van der Waals surface area contributed by atoms with E-state index in [1.54, 1.807) is 31.2 Å². The molecule has 6 nitrogen and oxygen atoms in total. The number of aliphatic hydroxyl groups excluding tert-OH is 1. The molecule has 0 spiro atoms. The number of aliphatic imine (C=N–C) groups is 1. The van der Waals surface area contributed by atoms with Crippen LogP contribution in [0.4, 0.5) is 13.2 Å². The van der Waals surface area contributed by atoms with E-state index in [1.807, 2.05) is 30.3 Å². The van der Waals surface area contributed by atoms with E-state index in [1.165, 1.54) is 18.2 Å². The first kappa shape index (κ1) is 27.2. The van der Waals surface area contributed by atoms with E-state index in [0.29, 0.717) is 24.3 Å². The smallest absolute Gasteiger partial charge is 0.416 e. The van der Waals surface area contributed by atoms with Gasteiger partial charge in [0.15, 0.2) is 5.54 Å². The van der Waals surface area contributed by atoms with Crippen molar-refractivity contribution in [2.45, 2.75) is 44.1 Å². The van der Waals surface area contributed by atoms with Gasteiger partial charge in [-0.25, -0.2) is 4.99 Å². The number of benzene rings is 3. The van der Waals surface area contributed by atoms with Crippen molar-refractivity contribution < 1.29 is 32.5 Å². The van der Waals surface area contributed by atoms with Gasteiger partial charge < -0.3 is 19.9 Å². The summed E-state index contributed by atoms with van der Waals surface area (Å²) in [5, 5.41) is 11.6. The Hall–Kier alpha value is -3.85. The van der Waals surface area contributed by atoms with Gasteiger partial charge in [-0.05, 0) is 48.4 Å². The fourth-order valence-corrected chi connectivity index (χ4v) is 4.33. The second kappa shape index (κ2) is 11.7. The number of nitrogens with one attached hydrogen (secondary N) is 1. The SMILES string of the molecule is C[C@H]1OC(c2ccc(OCCCO)cc2)=N[C@@]1(Cc1ccccc1)C(=O)NCc1ccccc1C(F)(F)F. The number of carbonyl (C=O) groups excluding carboxylic acids is 1. The number of ether oxygens (including phenoxy) is 2. The Bertz CT molecular complexity index is 1260. The van der Waals surface area contributed by atoms with Gasteiger partial charge in [0.25, 0.3) is 5.91 Å². The molecule has 3 aromatic carbocycles. The number of amides is 1. The number of alkyl halides is 3. The molecule has 1 heterocycles. The van der Waals surface area contributed by atoms with Gasteiger partial charge in [0, 0.05) is 31.6 Å². The summed E-state index contributed by atoms with van der Waals surface area (Å²) in [5.41, 5.74) is -0.738. The maximum Gasteiger partial charge on any atom is 0.416 e. The van der Waals surface area contributed by atoms with Crippen molar-refractivity contribution >= 4 is 11.8 Å². The van der Waals surface area contributed by atoms with E-state index in [2.05, 4.69) is 5.32 Å². The van der Waals surface area contributed by atoms with Crippen LogP contribution in [0.2, 0.25) is 0 Å². The normalized spacial score (nSPS) is 19.0. The summed E-state index contributed by atoms with van der Waals surface area (Å²) in [7, 11) is 0. The molecule has 1 amide bonds. The van der Waals surface area contributed by atoms with Crippen molar-refractivity contribution in [2.75, 3.05) is 13.2 Å². The van der Waals surface area contributed by atoms with Gasteiger partial charge in [0.05, 0.1) is 12.2 Å². The molecule has 1 aliphatic rings. The highest BCUT2D eigenvalue weighted by atomic mass is 19.4. The van der Waals surface area contributed by atoms with Crippen molar-refractivity contribution in [1.29, 1.82) is 0 Å². The zero-order chi connectivity index (χ0) is 27.2. The molecular formula is C29H29F3N2O4. The Morgan fingerprint density at radius 2 is 1.74 bits per heavy atom. The lowest BCUT2D eigenvalue weighted by atomic mass is 9.86. The maximum atomic E-state index is 13.7. The first-order valence-electron chi connectivity index (χ1n) is 12.3. The van der Waals surface area contributed by atoms with Crippen LogP contribution in [-0.4, -0.2) is 41.8 Å². The second-order valence-corrected chi connectivity index (χ2v) is 9.05. The van der Waals surface area contributed by atoms with Crippen molar-refractivity contribution in [3.8, 4) is 5.75 Å². The average Bonchev–Trinajstić information content (AvgIpc) is 3.24. The molecule has 0 saturated carbocycles. The summed E-state index contributed by atoms with van der Waals surface area (Å²) in [5.74, 6) is 0.358. The monoisotopic (exact) mass is 526 g/mol. The van der Waals surface area contributed by atoms with Gasteiger partial charge in [-0.2, -0.15) is 13.2 Å². The number of aliphatic hydroxyl groups is 1. The Morgan fingerprint density at radius 1 is 1.05 bits per heavy atom. The van der Waals surface area contributed by atoms with Crippen LogP contribution in [0, 0.1) is 0 Å². The zero-order valence-electron chi connectivity index (χ0n) is 20.9. The summed E-state index contributed by atoms with van der Waals surface area (Å²) >= 11 is 0. The Morgan fingerprint density at radius 3 is 2.42 bits per heavy atom. The van der Waals surface area contributed by atoms with Crippen molar-refractivity contribution in [3.63, 3.8) is 0 Å². The number of hydrogen-bond donors (Lipinski definition) is 2. The predicted molar refractivity (Wildman–Crippen MR) is 137 cm³/mol. The largest absolute Gasteiger partial charge is 0.494 e. The van der Waals surface area contributed by atoms with Crippen molar-refractivity contribution in [2.24, 2.45) is 4.99 Å². The topological polar surface area (TPSA) is 80.2 Å². The van der Waals surface area contributed by atoms with Gasteiger partial charge in [-0.1, -0.05) is 48.5 Å². The third kappa shape index (κ3) is 6.16. The third-order valence-corrected chi connectivity index (χ3v) is 6.41. The Labute approximate surface area is 219 Å². The highest BCUT2D eigenvalue weighted by molar-refractivity contribution is 6.00. The minimum atomic E-state index is -4.54. The molecule has 0 aromatic heterocycles. The number of nitrogens with zero attached hydrogens (tertiary/aromatic N) is 1. The van der Waals surface area contributed by atoms with Gasteiger partial charge >= 0.3 is 6.18 Å². The molecule has 4 rings (SSSR count). The maximum absolute atomic E-state index is 13.7. The average molecular weight is 527 g/mol. The highest BCUT2D eigenvalue weighted by Crippen LogP contribution is 2.34. The molecule has 0 fully saturated rings. The molecule has 2 N–H and O–H groups in total. The van der Waals surface area contributed by atoms with Gasteiger partial charge in [-0.15, -0.1) is 0 Å². The van der Waals surface area contributed by atoms with Crippen LogP contribution in [-0.2, 0) is 28.7 Å².